The molecule has 0 heterocycles. The highest BCUT2D eigenvalue weighted by Crippen LogP contribution is 2.20. The monoisotopic (exact) mass is 414 g/mol. The molecule has 0 aliphatic heterocycles. The Balaban J connectivity index is 1.67. The third-order valence-electron chi connectivity index (χ3n) is 5.53. The van der Waals surface area contributed by atoms with Gasteiger partial charge in [-0.25, -0.2) is 8.42 Å². The fourth-order valence-electron chi connectivity index (χ4n) is 3.71. The topological polar surface area (TPSA) is 66.5 Å². The number of carbonyl (C=O) groups excluding carboxylic acids is 1. The van der Waals surface area contributed by atoms with Crippen LogP contribution in [-0.2, 0) is 16.6 Å². The normalized spacial score (nSPS) is 15.4. The van der Waals surface area contributed by atoms with Gasteiger partial charge in [-0.05, 0) is 49.6 Å². The summed E-state index contributed by atoms with van der Waals surface area (Å²) >= 11 is 0. The van der Waals surface area contributed by atoms with Crippen LogP contribution in [0.1, 0.15) is 60.5 Å². The van der Waals surface area contributed by atoms with E-state index in [1.807, 2.05) is 26.0 Å². The van der Waals surface area contributed by atoms with Gasteiger partial charge in [0.25, 0.3) is 5.91 Å². The Morgan fingerprint density at radius 1 is 1.00 bits per heavy atom. The van der Waals surface area contributed by atoms with Gasteiger partial charge in [0.2, 0.25) is 10.0 Å². The lowest BCUT2D eigenvalue weighted by atomic mass is 9.95. The number of carbonyl (C=O) groups is 1. The SMILES string of the molecule is CCN(Cc1ccc(C(=O)NC2CCCCC2)cc1)S(=O)(=O)c1ccc(C)cc1. The summed E-state index contributed by atoms with van der Waals surface area (Å²) in [4.78, 5) is 12.8. The molecule has 0 saturated heterocycles. The van der Waals surface area contributed by atoms with Gasteiger partial charge in [0.1, 0.15) is 0 Å². The number of hydrogen-bond acceptors (Lipinski definition) is 3. The van der Waals surface area contributed by atoms with E-state index in [-0.39, 0.29) is 18.5 Å². The number of hydrogen-bond donors (Lipinski definition) is 1. The van der Waals surface area contributed by atoms with Gasteiger partial charge < -0.3 is 5.32 Å². The number of amides is 1. The third kappa shape index (κ3) is 5.46. The minimum atomic E-state index is -3.56. The molecule has 6 heteroatoms. The zero-order valence-corrected chi connectivity index (χ0v) is 18.0. The molecule has 1 N–H and O–H groups in total. The summed E-state index contributed by atoms with van der Waals surface area (Å²) in [6.45, 7) is 4.41. The van der Waals surface area contributed by atoms with Gasteiger partial charge in [0.05, 0.1) is 4.90 Å². The lowest BCUT2D eigenvalue weighted by Crippen LogP contribution is -2.36. The first kappa shape index (κ1) is 21.5. The van der Waals surface area contributed by atoms with E-state index in [4.69, 9.17) is 0 Å². The Labute approximate surface area is 174 Å². The van der Waals surface area contributed by atoms with Crippen molar-refractivity contribution in [2.75, 3.05) is 6.54 Å². The molecule has 3 rings (SSSR count). The van der Waals surface area contributed by atoms with E-state index in [1.54, 1.807) is 36.4 Å². The second-order valence-corrected chi connectivity index (χ2v) is 9.69. The fraction of sp³-hybridized carbons (Fsp3) is 0.435. The molecule has 156 valence electrons. The summed E-state index contributed by atoms with van der Waals surface area (Å²) in [5.74, 6) is -0.0527. The summed E-state index contributed by atoms with van der Waals surface area (Å²) in [6.07, 6.45) is 5.69. The van der Waals surface area contributed by atoms with Crippen molar-refractivity contribution in [3.8, 4) is 0 Å². The molecule has 0 unspecified atom stereocenters. The molecule has 1 amide bonds. The van der Waals surface area contributed by atoms with Crippen LogP contribution in [-0.4, -0.2) is 31.2 Å². The van der Waals surface area contributed by atoms with Gasteiger partial charge in [-0.1, -0.05) is 56.0 Å². The van der Waals surface area contributed by atoms with Crippen molar-refractivity contribution in [2.45, 2.75) is 63.4 Å². The van der Waals surface area contributed by atoms with E-state index >= 15 is 0 Å². The smallest absolute Gasteiger partial charge is 0.251 e. The van der Waals surface area contributed by atoms with Crippen LogP contribution in [0.4, 0.5) is 0 Å². The van der Waals surface area contributed by atoms with Crippen LogP contribution in [0.3, 0.4) is 0 Å². The summed E-state index contributed by atoms with van der Waals surface area (Å²) < 4.78 is 27.3. The number of benzene rings is 2. The van der Waals surface area contributed by atoms with Crippen LogP contribution >= 0.6 is 0 Å². The molecule has 0 atom stereocenters. The predicted octanol–water partition coefficient (Wildman–Crippen LogP) is 4.27. The largest absolute Gasteiger partial charge is 0.349 e. The Kier molecular flexibility index (Phi) is 7.09. The minimum Gasteiger partial charge on any atom is -0.349 e. The van der Waals surface area contributed by atoms with Crippen molar-refractivity contribution >= 4 is 15.9 Å². The van der Waals surface area contributed by atoms with Crippen LogP contribution in [0.15, 0.2) is 53.4 Å². The van der Waals surface area contributed by atoms with Crippen molar-refractivity contribution in [3.63, 3.8) is 0 Å². The number of rotatable bonds is 7. The first-order valence-corrected chi connectivity index (χ1v) is 11.8. The van der Waals surface area contributed by atoms with Crippen LogP contribution in [0.5, 0.6) is 0 Å². The second-order valence-electron chi connectivity index (χ2n) is 7.75. The van der Waals surface area contributed by atoms with E-state index in [0.717, 1.165) is 24.0 Å². The van der Waals surface area contributed by atoms with Gasteiger partial charge in [-0.2, -0.15) is 4.31 Å². The van der Waals surface area contributed by atoms with Gasteiger partial charge in [0, 0.05) is 24.7 Å². The predicted molar refractivity (Wildman–Crippen MR) is 115 cm³/mol. The first-order valence-electron chi connectivity index (χ1n) is 10.4. The number of nitrogens with one attached hydrogen (secondary N) is 1. The van der Waals surface area contributed by atoms with Crippen LogP contribution in [0, 0.1) is 6.92 Å². The molecule has 29 heavy (non-hydrogen) atoms. The molecule has 2 aromatic carbocycles. The zero-order valence-electron chi connectivity index (χ0n) is 17.2. The standard InChI is InChI=1S/C23H30N2O3S/c1-3-25(29(27,28)22-15-9-18(2)10-16-22)17-19-11-13-20(14-12-19)23(26)24-21-7-5-4-6-8-21/h9-16,21H,3-8,17H2,1-2H3,(H,24,26). The molecule has 1 saturated carbocycles. The molecule has 1 aliphatic carbocycles. The van der Waals surface area contributed by atoms with Gasteiger partial charge >= 0.3 is 0 Å². The Morgan fingerprint density at radius 2 is 1.62 bits per heavy atom. The number of sulfonamides is 1. The fourth-order valence-corrected chi connectivity index (χ4v) is 5.14. The number of nitrogens with zero attached hydrogens (tertiary/aromatic N) is 1. The molecule has 0 bridgehead atoms. The van der Waals surface area contributed by atoms with E-state index in [1.165, 1.54) is 23.6 Å². The van der Waals surface area contributed by atoms with Crippen LogP contribution in [0.25, 0.3) is 0 Å². The molecule has 1 aliphatic rings. The minimum absolute atomic E-state index is 0.0527. The average Bonchev–Trinajstić information content (AvgIpc) is 2.73. The molecule has 1 fully saturated rings. The summed E-state index contributed by atoms with van der Waals surface area (Å²) in [6, 6.07) is 14.4. The molecule has 0 spiro atoms. The Bertz CT molecular complexity index is 916. The summed E-state index contributed by atoms with van der Waals surface area (Å²) in [5, 5.41) is 3.11. The van der Waals surface area contributed by atoms with Crippen molar-refractivity contribution in [2.24, 2.45) is 0 Å². The van der Waals surface area contributed by atoms with Gasteiger partial charge in [0.15, 0.2) is 0 Å². The van der Waals surface area contributed by atoms with Gasteiger partial charge in [-0.3, -0.25) is 4.79 Å². The van der Waals surface area contributed by atoms with E-state index in [9.17, 15) is 13.2 Å². The Hall–Kier alpha value is -2.18. The maximum absolute atomic E-state index is 12.9. The quantitative estimate of drug-likeness (QED) is 0.736. The van der Waals surface area contributed by atoms with Crippen molar-refractivity contribution in [1.82, 2.24) is 9.62 Å². The van der Waals surface area contributed by atoms with E-state index in [0.29, 0.717) is 17.0 Å². The van der Waals surface area contributed by atoms with Crippen molar-refractivity contribution in [3.05, 3.63) is 65.2 Å². The maximum Gasteiger partial charge on any atom is 0.251 e. The molecular weight excluding hydrogens is 384 g/mol. The van der Waals surface area contributed by atoms with Gasteiger partial charge in [-0.15, -0.1) is 0 Å². The molecule has 0 aromatic heterocycles. The van der Waals surface area contributed by atoms with Crippen molar-refractivity contribution in [1.29, 1.82) is 0 Å². The summed E-state index contributed by atoms with van der Waals surface area (Å²) in [7, 11) is -3.56. The van der Waals surface area contributed by atoms with E-state index in [2.05, 4.69) is 5.32 Å². The lowest BCUT2D eigenvalue weighted by Gasteiger charge is -2.23. The first-order chi connectivity index (χ1) is 13.9. The summed E-state index contributed by atoms with van der Waals surface area (Å²) in [5.41, 5.74) is 2.50. The van der Waals surface area contributed by atoms with E-state index < -0.39 is 10.0 Å². The zero-order chi connectivity index (χ0) is 20.9. The van der Waals surface area contributed by atoms with Crippen LogP contribution in [0.2, 0.25) is 0 Å². The highest BCUT2D eigenvalue weighted by molar-refractivity contribution is 7.89. The molecule has 2 aromatic rings. The molecular formula is C23H30N2O3S. The average molecular weight is 415 g/mol. The molecule has 5 nitrogen and oxygen atoms in total. The molecule has 0 radical (unpaired) electrons. The Morgan fingerprint density at radius 3 is 2.21 bits per heavy atom. The lowest BCUT2D eigenvalue weighted by molar-refractivity contribution is 0.0927. The van der Waals surface area contributed by atoms with Crippen molar-refractivity contribution < 1.29 is 13.2 Å². The van der Waals surface area contributed by atoms with Crippen LogP contribution < -0.4 is 5.32 Å². The maximum atomic E-state index is 12.9. The number of aryl methyl sites for hydroxylation is 1. The highest BCUT2D eigenvalue weighted by atomic mass is 32.2. The third-order valence-corrected chi connectivity index (χ3v) is 7.46. The highest BCUT2D eigenvalue weighted by Gasteiger charge is 2.23. The second kappa shape index (κ2) is 9.55.